The number of carbonyl (C=O) groups excluding carboxylic acids is 1. The lowest BCUT2D eigenvalue weighted by molar-refractivity contribution is -0.157. The Morgan fingerprint density at radius 3 is 2.46 bits per heavy atom. The number of carbonyl (C=O) groups is 1. The Morgan fingerprint density at radius 1 is 1.17 bits per heavy atom. The highest BCUT2D eigenvalue weighted by Gasteiger charge is 2.45. The Kier molecular flexibility index (Phi) is 4.49. The van der Waals surface area contributed by atoms with E-state index < -0.39 is 5.72 Å². The molecular weight excluding hydrogens is 300 g/mol. The van der Waals surface area contributed by atoms with Gasteiger partial charge in [0.1, 0.15) is 0 Å². The maximum Gasteiger partial charge on any atom is 0.250 e. The van der Waals surface area contributed by atoms with Gasteiger partial charge in [0.2, 0.25) is 5.91 Å². The molecule has 2 aromatic carbocycles. The molecule has 2 aromatic rings. The van der Waals surface area contributed by atoms with Gasteiger partial charge in [-0.2, -0.15) is 10.1 Å². The van der Waals surface area contributed by atoms with E-state index in [1.165, 1.54) is 5.01 Å². The molecule has 1 amide bonds. The van der Waals surface area contributed by atoms with E-state index in [0.29, 0.717) is 18.4 Å². The number of hydrazone groups is 1. The van der Waals surface area contributed by atoms with Crippen LogP contribution >= 0.6 is 0 Å². The lowest BCUT2D eigenvalue weighted by Crippen LogP contribution is -2.44. The summed E-state index contributed by atoms with van der Waals surface area (Å²) in [5.41, 5.74) is 2.15. The fourth-order valence-corrected chi connectivity index (χ4v) is 2.97. The molecule has 1 aliphatic rings. The number of amides is 1. The second kappa shape index (κ2) is 6.57. The van der Waals surface area contributed by atoms with Gasteiger partial charge in [-0.15, -0.1) is 0 Å². The van der Waals surface area contributed by atoms with E-state index in [4.69, 9.17) is 0 Å². The van der Waals surface area contributed by atoms with Crippen molar-refractivity contribution in [2.24, 2.45) is 5.10 Å². The topological polar surface area (TPSA) is 52.9 Å². The summed E-state index contributed by atoms with van der Waals surface area (Å²) >= 11 is 0. The van der Waals surface area contributed by atoms with Gasteiger partial charge in [0.05, 0.1) is 6.42 Å². The highest BCUT2D eigenvalue weighted by molar-refractivity contribution is 5.91. The van der Waals surface area contributed by atoms with Crippen molar-refractivity contribution < 1.29 is 9.90 Å². The number of rotatable bonds is 4. The molecule has 3 rings (SSSR count). The van der Waals surface area contributed by atoms with Crippen LogP contribution in [0.15, 0.2) is 59.7 Å². The van der Waals surface area contributed by atoms with Crippen LogP contribution in [-0.2, 0) is 16.9 Å². The quantitative estimate of drug-likeness (QED) is 0.938. The summed E-state index contributed by atoms with van der Waals surface area (Å²) in [6, 6.07) is 17.2. The van der Waals surface area contributed by atoms with Crippen LogP contribution in [0.1, 0.15) is 36.5 Å². The molecule has 1 atom stereocenters. The minimum absolute atomic E-state index is 0.201. The molecule has 0 fully saturated rings. The van der Waals surface area contributed by atoms with E-state index in [-0.39, 0.29) is 12.3 Å². The summed E-state index contributed by atoms with van der Waals surface area (Å²) in [4.78, 5) is 12.8. The first-order chi connectivity index (χ1) is 11.5. The van der Waals surface area contributed by atoms with Crippen molar-refractivity contribution in [1.82, 2.24) is 5.01 Å². The third-order valence-electron chi connectivity index (χ3n) is 4.40. The number of hydrogen-bond donors (Lipinski definition) is 1. The Bertz CT molecular complexity index is 753. The number of hydrogen-bond acceptors (Lipinski definition) is 3. The van der Waals surface area contributed by atoms with Crippen molar-refractivity contribution in [3.63, 3.8) is 0 Å². The fourth-order valence-electron chi connectivity index (χ4n) is 2.97. The molecule has 0 unspecified atom stereocenters. The minimum Gasteiger partial charge on any atom is -0.365 e. The lowest BCUT2D eigenvalue weighted by atomic mass is 9.95. The van der Waals surface area contributed by atoms with Crippen LogP contribution in [0.4, 0.5) is 0 Å². The molecule has 0 saturated heterocycles. The van der Waals surface area contributed by atoms with Crippen LogP contribution < -0.4 is 0 Å². The standard InChI is InChI=1S/C20H22N2O2/c1-3-18-14-20(24,17-11-9-15(2)10-12-17)22(21-18)19(23)13-16-7-5-4-6-8-16/h4-12,24H,3,13-14H2,1-2H3/t20-/m0/s1. The van der Waals surface area contributed by atoms with Crippen LogP contribution in [0.3, 0.4) is 0 Å². The molecule has 0 aromatic heterocycles. The van der Waals surface area contributed by atoms with E-state index in [1.807, 2.05) is 68.4 Å². The first kappa shape index (κ1) is 16.4. The average molecular weight is 322 g/mol. The second-order valence-corrected chi connectivity index (χ2v) is 6.25. The zero-order chi connectivity index (χ0) is 17.2. The van der Waals surface area contributed by atoms with Gasteiger partial charge in [0.25, 0.3) is 0 Å². The van der Waals surface area contributed by atoms with Crippen molar-refractivity contribution >= 4 is 11.6 Å². The van der Waals surface area contributed by atoms with Crippen LogP contribution in [0.5, 0.6) is 0 Å². The molecule has 0 bridgehead atoms. The van der Waals surface area contributed by atoms with Gasteiger partial charge in [0, 0.05) is 17.7 Å². The third-order valence-corrected chi connectivity index (χ3v) is 4.40. The van der Waals surface area contributed by atoms with Crippen LogP contribution in [0.2, 0.25) is 0 Å². The molecule has 4 heteroatoms. The highest BCUT2D eigenvalue weighted by Crippen LogP contribution is 2.36. The summed E-state index contributed by atoms with van der Waals surface area (Å²) in [5.74, 6) is -0.201. The number of nitrogens with zero attached hydrogens (tertiary/aromatic N) is 2. The summed E-state index contributed by atoms with van der Waals surface area (Å²) < 4.78 is 0. The second-order valence-electron chi connectivity index (χ2n) is 6.25. The number of aliphatic hydroxyl groups is 1. The smallest absolute Gasteiger partial charge is 0.250 e. The van der Waals surface area contributed by atoms with Crippen LogP contribution in [0.25, 0.3) is 0 Å². The molecule has 0 saturated carbocycles. The Labute approximate surface area is 142 Å². The van der Waals surface area contributed by atoms with Gasteiger partial charge in [0.15, 0.2) is 5.72 Å². The fraction of sp³-hybridized carbons (Fsp3) is 0.300. The minimum atomic E-state index is -1.40. The summed E-state index contributed by atoms with van der Waals surface area (Å²) in [6.45, 7) is 3.98. The van der Waals surface area contributed by atoms with E-state index in [0.717, 1.165) is 16.8 Å². The van der Waals surface area contributed by atoms with E-state index in [9.17, 15) is 9.90 Å². The van der Waals surface area contributed by atoms with Crippen molar-refractivity contribution in [1.29, 1.82) is 0 Å². The van der Waals surface area contributed by atoms with Gasteiger partial charge in [-0.05, 0) is 18.9 Å². The average Bonchev–Trinajstić information content (AvgIpc) is 2.94. The largest absolute Gasteiger partial charge is 0.365 e. The van der Waals surface area contributed by atoms with Gasteiger partial charge < -0.3 is 5.11 Å². The van der Waals surface area contributed by atoms with Crippen molar-refractivity contribution in [2.45, 2.75) is 38.8 Å². The first-order valence-corrected chi connectivity index (χ1v) is 8.26. The maximum absolute atomic E-state index is 12.8. The van der Waals surface area contributed by atoms with E-state index in [1.54, 1.807) is 0 Å². The molecule has 0 spiro atoms. The molecule has 24 heavy (non-hydrogen) atoms. The molecule has 1 heterocycles. The molecule has 124 valence electrons. The van der Waals surface area contributed by atoms with Crippen molar-refractivity contribution in [3.05, 3.63) is 71.3 Å². The van der Waals surface area contributed by atoms with Gasteiger partial charge in [-0.3, -0.25) is 4.79 Å². The predicted molar refractivity (Wildman–Crippen MR) is 94.4 cm³/mol. The SMILES string of the molecule is CCC1=NN(C(=O)Cc2ccccc2)[C@@](O)(c2ccc(C)cc2)C1. The summed E-state index contributed by atoms with van der Waals surface area (Å²) in [6.07, 6.45) is 1.28. The monoisotopic (exact) mass is 322 g/mol. The zero-order valence-corrected chi connectivity index (χ0v) is 14.1. The zero-order valence-electron chi connectivity index (χ0n) is 14.1. The predicted octanol–water partition coefficient (Wildman–Crippen LogP) is 3.38. The molecule has 4 nitrogen and oxygen atoms in total. The number of benzene rings is 2. The normalized spacial score (nSPS) is 20.1. The first-order valence-electron chi connectivity index (χ1n) is 8.26. The van der Waals surface area contributed by atoms with E-state index >= 15 is 0 Å². The highest BCUT2D eigenvalue weighted by atomic mass is 16.3. The van der Waals surface area contributed by atoms with Gasteiger partial charge in [-0.25, -0.2) is 0 Å². The molecule has 1 N–H and O–H groups in total. The van der Waals surface area contributed by atoms with E-state index in [2.05, 4.69) is 5.10 Å². The lowest BCUT2D eigenvalue weighted by Gasteiger charge is -2.31. The van der Waals surface area contributed by atoms with Gasteiger partial charge >= 0.3 is 0 Å². The van der Waals surface area contributed by atoms with Crippen LogP contribution in [0, 0.1) is 6.92 Å². The molecular formula is C20H22N2O2. The Balaban J connectivity index is 1.91. The van der Waals surface area contributed by atoms with Crippen LogP contribution in [-0.4, -0.2) is 21.7 Å². The summed E-state index contributed by atoms with van der Waals surface area (Å²) in [7, 11) is 0. The maximum atomic E-state index is 12.8. The van der Waals surface area contributed by atoms with Crippen molar-refractivity contribution in [3.8, 4) is 0 Å². The molecule has 0 aliphatic carbocycles. The molecule has 0 radical (unpaired) electrons. The Hall–Kier alpha value is -2.46. The number of aryl methyl sites for hydroxylation is 1. The third kappa shape index (κ3) is 3.10. The molecule has 1 aliphatic heterocycles. The van der Waals surface area contributed by atoms with Crippen molar-refractivity contribution in [2.75, 3.05) is 0 Å². The van der Waals surface area contributed by atoms with Gasteiger partial charge in [-0.1, -0.05) is 67.1 Å². The summed E-state index contributed by atoms with van der Waals surface area (Å²) in [5, 5.41) is 16.9. The Morgan fingerprint density at radius 2 is 1.83 bits per heavy atom.